The Labute approximate surface area is 168 Å². The molecule has 3 rings (SSSR count). The predicted molar refractivity (Wildman–Crippen MR) is 103 cm³/mol. The maximum Gasteiger partial charge on any atom is 0.358 e. The number of nitrogens with one attached hydrogen (secondary N) is 1. The normalized spacial score (nSPS) is 11.7. The van der Waals surface area contributed by atoms with Crippen molar-refractivity contribution in [3.8, 4) is 10.8 Å². The quantitative estimate of drug-likeness (QED) is 0.622. The third-order valence-electron chi connectivity index (χ3n) is 3.33. The number of hydrogen-bond acceptors (Lipinski definition) is 7. The molecule has 1 amide bonds. The van der Waals surface area contributed by atoms with E-state index in [1.807, 2.05) is 0 Å². The van der Waals surface area contributed by atoms with Crippen LogP contribution >= 0.6 is 34.5 Å². The molecule has 2 aromatic heterocycles. The number of carbonyl (C=O) groups is 2. The van der Waals surface area contributed by atoms with Gasteiger partial charge in [0.15, 0.2) is 22.6 Å². The zero-order valence-corrected chi connectivity index (χ0v) is 16.2. The number of rotatable bonds is 5. The van der Waals surface area contributed by atoms with Crippen molar-refractivity contribution in [2.24, 2.45) is 0 Å². The molecule has 0 aliphatic carbocycles. The van der Waals surface area contributed by atoms with Crippen LogP contribution in [-0.4, -0.2) is 32.9 Å². The van der Waals surface area contributed by atoms with Crippen molar-refractivity contribution in [1.82, 2.24) is 15.0 Å². The maximum atomic E-state index is 12.2. The molecule has 0 aliphatic rings. The molecule has 1 atom stereocenters. The molecule has 10 heteroatoms. The van der Waals surface area contributed by atoms with Gasteiger partial charge in [-0.25, -0.2) is 19.7 Å². The number of nitrogens with zero attached hydrogens (tertiary/aromatic N) is 3. The van der Waals surface area contributed by atoms with E-state index in [9.17, 15) is 9.59 Å². The molecular formula is C17H12Cl2N4O3S. The maximum absolute atomic E-state index is 12.2. The van der Waals surface area contributed by atoms with Gasteiger partial charge in [0.05, 0.1) is 15.7 Å². The Morgan fingerprint density at radius 1 is 1.19 bits per heavy atom. The van der Waals surface area contributed by atoms with Crippen LogP contribution in [0.2, 0.25) is 10.0 Å². The molecule has 0 spiro atoms. The SMILES string of the molecule is CC(OC(=O)c1csc(-c2ncccn2)n1)C(=O)Nc1cccc(Cl)c1Cl. The van der Waals surface area contributed by atoms with Gasteiger partial charge in [0, 0.05) is 17.8 Å². The van der Waals surface area contributed by atoms with E-state index in [4.69, 9.17) is 27.9 Å². The van der Waals surface area contributed by atoms with Gasteiger partial charge in [-0.15, -0.1) is 11.3 Å². The highest BCUT2D eigenvalue weighted by Crippen LogP contribution is 2.29. The van der Waals surface area contributed by atoms with Gasteiger partial charge in [-0.1, -0.05) is 29.3 Å². The van der Waals surface area contributed by atoms with Crippen LogP contribution < -0.4 is 5.32 Å². The minimum Gasteiger partial charge on any atom is -0.448 e. The fraction of sp³-hybridized carbons (Fsp3) is 0.118. The third-order valence-corrected chi connectivity index (χ3v) is 4.99. The molecule has 1 N–H and O–H groups in total. The first-order valence-corrected chi connectivity index (χ1v) is 9.28. The van der Waals surface area contributed by atoms with Crippen molar-refractivity contribution in [2.75, 3.05) is 5.32 Å². The molecule has 0 radical (unpaired) electrons. The third kappa shape index (κ3) is 4.60. The fourth-order valence-electron chi connectivity index (χ4n) is 1.99. The van der Waals surface area contributed by atoms with Gasteiger partial charge in [-0.3, -0.25) is 4.79 Å². The summed E-state index contributed by atoms with van der Waals surface area (Å²) in [6.45, 7) is 1.44. The highest BCUT2D eigenvalue weighted by Gasteiger charge is 2.22. The van der Waals surface area contributed by atoms with E-state index in [2.05, 4.69) is 20.3 Å². The van der Waals surface area contributed by atoms with Crippen LogP contribution in [0.25, 0.3) is 10.8 Å². The second-order valence-electron chi connectivity index (χ2n) is 5.25. The summed E-state index contributed by atoms with van der Waals surface area (Å²) in [7, 11) is 0. The monoisotopic (exact) mass is 422 g/mol. The lowest BCUT2D eigenvalue weighted by Crippen LogP contribution is -2.30. The lowest BCUT2D eigenvalue weighted by molar-refractivity contribution is -0.123. The zero-order valence-electron chi connectivity index (χ0n) is 13.8. The standard InChI is InChI=1S/C17H12Cl2N4O3S/c1-9(15(24)22-11-5-2-4-10(18)13(11)19)26-17(25)12-8-27-16(23-12)14-20-6-3-7-21-14/h2-9H,1H3,(H,22,24). The fourth-order valence-corrected chi connectivity index (χ4v) is 3.07. The molecule has 3 aromatic rings. The Morgan fingerprint density at radius 2 is 1.93 bits per heavy atom. The Hall–Kier alpha value is -2.55. The number of hydrogen-bond donors (Lipinski definition) is 1. The van der Waals surface area contributed by atoms with E-state index in [0.29, 0.717) is 21.5 Å². The van der Waals surface area contributed by atoms with Crippen molar-refractivity contribution < 1.29 is 14.3 Å². The van der Waals surface area contributed by atoms with Gasteiger partial charge in [-0.05, 0) is 25.1 Å². The van der Waals surface area contributed by atoms with Crippen LogP contribution in [-0.2, 0) is 9.53 Å². The smallest absolute Gasteiger partial charge is 0.358 e. The number of benzene rings is 1. The molecule has 1 unspecified atom stereocenters. The largest absolute Gasteiger partial charge is 0.448 e. The molecule has 1 aromatic carbocycles. The summed E-state index contributed by atoms with van der Waals surface area (Å²) in [6, 6.07) is 6.51. The minimum atomic E-state index is -1.06. The molecule has 0 fully saturated rings. The molecule has 0 aliphatic heterocycles. The first-order valence-electron chi connectivity index (χ1n) is 7.64. The molecule has 0 saturated carbocycles. The van der Waals surface area contributed by atoms with E-state index in [-0.39, 0.29) is 10.7 Å². The molecule has 27 heavy (non-hydrogen) atoms. The summed E-state index contributed by atoms with van der Waals surface area (Å²) in [5.41, 5.74) is 0.400. The second-order valence-corrected chi connectivity index (χ2v) is 6.89. The summed E-state index contributed by atoms with van der Waals surface area (Å²) in [6.07, 6.45) is 2.09. The number of aromatic nitrogens is 3. The highest BCUT2D eigenvalue weighted by atomic mass is 35.5. The summed E-state index contributed by atoms with van der Waals surface area (Å²) in [5.74, 6) is -0.870. The average Bonchev–Trinajstić information content (AvgIpc) is 3.16. The van der Waals surface area contributed by atoms with E-state index in [1.165, 1.54) is 23.6 Å². The average molecular weight is 423 g/mol. The van der Waals surface area contributed by atoms with Gasteiger partial charge in [0.2, 0.25) is 0 Å². The summed E-state index contributed by atoms with van der Waals surface area (Å²) >= 11 is 13.1. The first-order chi connectivity index (χ1) is 13.0. The Kier molecular flexibility index (Phi) is 6.00. The van der Waals surface area contributed by atoms with E-state index < -0.39 is 18.0 Å². The Morgan fingerprint density at radius 3 is 2.67 bits per heavy atom. The minimum absolute atomic E-state index is 0.0721. The lowest BCUT2D eigenvalue weighted by Gasteiger charge is -2.14. The van der Waals surface area contributed by atoms with Gasteiger partial charge >= 0.3 is 5.97 Å². The predicted octanol–water partition coefficient (Wildman–Crippen LogP) is 4.09. The van der Waals surface area contributed by atoms with Crippen LogP contribution in [0.4, 0.5) is 5.69 Å². The van der Waals surface area contributed by atoms with E-state index in [0.717, 1.165) is 0 Å². The molecule has 7 nitrogen and oxygen atoms in total. The molecule has 0 bridgehead atoms. The second kappa shape index (κ2) is 8.43. The van der Waals surface area contributed by atoms with Crippen LogP contribution in [0.15, 0.2) is 42.0 Å². The van der Waals surface area contributed by atoms with Crippen LogP contribution in [0.5, 0.6) is 0 Å². The molecule has 0 saturated heterocycles. The summed E-state index contributed by atoms with van der Waals surface area (Å²) in [5, 5.41) is 5.08. The zero-order chi connectivity index (χ0) is 19.4. The van der Waals surface area contributed by atoms with Crippen molar-refractivity contribution in [2.45, 2.75) is 13.0 Å². The first kappa shape index (κ1) is 19.2. The number of carbonyl (C=O) groups excluding carboxylic acids is 2. The van der Waals surface area contributed by atoms with E-state index >= 15 is 0 Å². The van der Waals surface area contributed by atoms with Crippen LogP contribution in [0.3, 0.4) is 0 Å². The number of halogens is 2. The lowest BCUT2D eigenvalue weighted by atomic mass is 10.3. The highest BCUT2D eigenvalue weighted by molar-refractivity contribution is 7.13. The number of thiazole rings is 1. The van der Waals surface area contributed by atoms with Crippen molar-refractivity contribution in [3.05, 3.63) is 57.8 Å². The number of amides is 1. The Bertz CT molecular complexity index is 981. The van der Waals surface area contributed by atoms with Crippen LogP contribution in [0.1, 0.15) is 17.4 Å². The van der Waals surface area contributed by atoms with Crippen LogP contribution in [0, 0.1) is 0 Å². The van der Waals surface area contributed by atoms with Gasteiger partial charge in [0.1, 0.15) is 0 Å². The van der Waals surface area contributed by atoms with Gasteiger partial charge in [0.25, 0.3) is 5.91 Å². The number of anilines is 1. The Balaban J connectivity index is 1.64. The molecule has 2 heterocycles. The van der Waals surface area contributed by atoms with E-state index in [1.54, 1.807) is 36.7 Å². The molecular weight excluding hydrogens is 411 g/mol. The number of esters is 1. The van der Waals surface area contributed by atoms with Crippen molar-refractivity contribution in [1.29, 1.82) is 0 Å². The van der Waals surface area contributed by atoms with Gasteiger partial charge < -0.3 is 10.1 Å². The summed E-state index contributed by atoms with van der Waals surface area (Å²) in [4.78, 5) is 36.8. The number of ether oxygens (including phenoxy) is 1. The van der Waals surface area contributed by atoms with Gasteiger partial charge in [-0.2, -0.15) is 0 Å². The van der Waals surface area contributed by atoms with Crippen molar-refractivity contribution in [3.63, 3.8) is 0 Å². The van der Waals surface area contributed by atoms with Crippen molar-refractivity contribution >= 4 is 52.1 Å². The summed E-state index contributed by atoms with van der Waals surface area (Å²) < 4.78 is 5.17. The molecule has 138 valence electrons. The topological polar surface area (TPSA) is 94.1 Å².